The molecule has 1 rings (SSSR count). The van der Waals surface area contributed by atoms with E-state index in [0.717, 1.165) is 4.90 Å². The first-order chi connectivity index (χ1) is 9.12. The zero-order valence-corrected chi connectivity index (χ0v) is 10.6. The van der Waals surface area contributed by atoms with Crippen molar-refractivity contribution in [1.82, 2.24) is 4.90 Å². The summed E-state index contributed by atoms with van der Waals surface area (Å²) in [7, 11) is 0. The molecule has 0 saturated heterocycles. The van der Waals surface area contributed by atoms with Crippen LogP contribution in [0.5, 0.6) is 0 Å². The van der Waals surface area contributed by atoms with Gasteiger partial charge < -0.3 is 0 Å². The molecule has 1 aliphatic heterocycles. The molecular formula is C16H15NO2. The predicted molar refractivity (Wildman–Crippen MR) is 76.9 cm³/mol. The van der Waals surface area contributed by atoms with Crippen molar-refractivity contribution >= 4 is 11.8 Å². The zero-order valence-electron chi connectivity index (χ0n) is 10.6. The van der Waals surface area contributed by atoms with Gasteiger partial charge in [0.2, 0.25) is 0 Å². The second kappa shape index (κ2) is 6.31. The van der Waals surface area contributed by atoms with Gasteiger partial charge in [0.25, 0.3) is 11.8 Å². The van der Waals surface area contributed by atoms with Crippen LogP contribution in [-0.4, -0.2) is 16.7 Å². The van der Waals surface area contributed by atoms with E-state index in [1.165, 1.54) is 18.2 Å². The van der Waals surface area contributed by atoms with E-state index in [9.17, 15) is 9.59 Å². The Hall–Kier alpha value is -2.68. The molecule has 0 unspecified atom stereocenters. The van der Waals surface area contributed by atoms with Crippen molar-refractivity contribution in [2.24, 2.45) is 0 Å². The molecule has 19 heavy (non-hydrogen) atoms. The van der Waals surface area contributed by atoms with E-state index in [-0.39, 0.29) is 11.1 Å². The molecule has 0 N–H and O–H groups in total. The second-order valence-corrected chi connectivity index (χ2v) is 3.60. The van der Waals surface area contributed by atoms with Gasteiger partial charge in [-0.15, -0.1) is 0 Å². The number of imide groups is 1. The third kappa shape index (κ3) is 2.60. The van der Waals surface area contributed by atoms with Gasteiger partial charge in [0.1, 0.15) is 0 Å². The van der Waals surface area contributed by atoms with Crippen molar-refractivity contribution in [3.63, 3.8) is 0 Å². The number of hydrogen-bond donors (Lipinski definition) is 0. The number of carbonyl (C=O) groups excluding carboxylic acids is 2. The molecule has 96 valence electrons. The molecular weight excluding hydrogens is 238 g/mol. The standard InChI is InChI=1S/C16H15NO2/c1-5-9-11-12(10-6-2)17-15(18)13(7-3)14(8-4)16(17)19/h5-11H,1-4H2/b11-9-,12-10+. The van der Waals surface area contributed by atoms with Crippen LogP contribution in [-0.2, 0) is 9.59 Å². The molecule has 0 aromatic heterocycles. The molecule has 0 radical (unpaired) electrons. The molecule has 3 nitrogen and oxygen atoms in total. The van der Waals surface area contributed by atoms with Crippen molar-refractivity contribution < 1.29 is 9.59 Å². The van der Waals surface area contributed by atoms with Crippen LogP contribution >= 0.6 is 0 Å². The molecule has 1 aliphatic rings. The summed E-state index contributed by atoms with van der Waals surface area (Å²) in [6.45, 7) is 14.2. The lowest BCUT2D eigenvalue weighted by Gasteiger charge is -2.15. The summed E-state index contributed by atoms with van der Waals surface area (Å²) in [4.78, 5) is 25.4. The monoisotopic (exact) mass is 253 g/mol. The van der Waals surface area contributed by atoms with Crippen molar-refractivity contribution in [3.05, 3.63) is 85.7 Å². The molecule has 3 heteroatoms. The van der Waals surface area contributed by atoms with Gasteiger partial charge in [-0.25, -0.2) is 4.90 Å². The average molecular weight is 253 g/mol. The first-order valence-electron chi connectivity index (χ1n) is 5.62. The first-order valence-corrected chi connectivity index (χ1v) is 5.62. The molecule has 0 aromatic rings. The van der Waals surface area contributed by atoms with E-state index in [1.807, 2.05) is 0 Å². The predicted octanol–water partition coefficient (Wildman–Crippen LogP) is 2.84. The second-order valence-electron chi connectivity index (χ2n) is 3.60. The van der Waals surface area contributed by atoms with Gasteiger partial charge in [0.05, 0.1) is 16.8 Å². The summed E-state index contributed by atoms with van der Waals surface area (Å²) < 4.78 is 0. The van der Waals surface area contributed by atoms with Crippen LogP contribution in [0.4, 0.5) is 0 Å². The summed E-state index contributed by atoms with van der Waals surface area (Å²) in [5.74, 6) is -0.839. The minimum Gasteiger partial charge on any atom is -0.268 e. The summed E-state index contributed by atoms with van der Waals surface area (Å²) in [5.41, 5.74) is 0.921. The van der Waals surface area contributed by atoms with Gasteiger partial charge >= 0.3 is 0 Å². The molecule has 1 heterocycles. The van der Waals surface area contributed by atoms with E-state index >= 15 is 0 Å². The Morgan fingerprint density at radius 2 is 1.42 bits per heavy atom. The van der Waals surface area contributed by atoms with E-state index in [2.05, 4.69) is 26.3 Å². The van der Waals surface area contributed by atoms with Crippen LogP contribution in [0.15, 0.2) is 85.7 Å². The summed E-state index contributed by atoms with van der Waals surface area (Å²) in [5, 5.41) is 0. The largest absolute Gasteiger partial charge is 0.268 e. The fourth-order valence-electron chi connectivity index (χ4n) is 1.68. The average Bonchev–Trinajstić information content (AvgIpc) is 2.65. The molecule has 0 saturated carbocycles. The molecule has 0 aliphatic carbocycles. The number of rotatable bonds is 6. The topological polar surface area (TPSA) is 37.4 Å². The fourth-order valence-corrected chi connectivity index (χ4v) is 1.68. The highest BCUT2D eigenvalue weighted by atomic mass is 16.2. The minimum absolute atomic E-state index is 0.252. The van der Waals surface area contributed by atoms with Gasteiger partial charge in [-0.05, 0) is 12.2 Å². The van der Waals surface area contributed by atoms with Crippen LogP contribution < -0.4 is 0 Å². The number of amides is 2. The van der Waals surface area contributed by atoms with Crippen LogP contribution in [0.2, 0.25) is 0 Å². The Labute approximate surface area is 112 Å². The van der Waals surface area contributed by atoms with Crippen molar-refractivity contribution in [1.29, 1.82) is 0 Å². The molecule has 0 bridgehead atoms. The lowest BCUT2D eigenvalue weighted by atomic mass is 10.1. The third-order valence-electron chi connectivity index (χ3n) is 2.52. The van der Waals surface area contributed by atoms with Gasteiger partial charge in [0, 0.05) is 0 Å². The van der Waals surface area contributed by atoms with Crippen LogP contribution in [0.25, 0.3) is 0 Å². The smallest absolute Gasteiger partial charge is 0.266 e. The quantitative estimate of drug-likeness (QED) is 0.539. The highest BCUT2D eigenvalue weighted by Crippen LogP contribution is 2.26. The van der Waals surface area contributed by atoms with Gasteiger partial charge in [-0.1, -0.05) is 56.7 Å². The van der Waals surface area contributed by atoms with Crippen LogP contribution in [0, 0.1) is 0 Å². The molecule has 0 aromatic carbocycles. The Kier molecular flexibility index (Phi) is 4.77. The summed E-state index contributed by atoms with van der Waals surface area (Å²) in [6, 6.07) is 0. The molecule has 0 spiro atoms. The van der Waals surface area contributed by atoms with Crippen molar-refractivity contribution in [2.75, 3.05) is 0 Å². The number of carbonyl (C=O) groups is 2. The Bertz CT molecular complexity index is 529. The molecule has 2 amide bonds. The Morgan fingerprint density at radius 1 is 0.895 bits per heavy atom. The lowest BCUT2D eigenvalue weighted by molar-refractivity contribution is -0.134. The van der Waals surface area contributed by atoms with Crippen molar-refractivity contribution in [3.8, 4) is 0 Å². The number of allylic oxidation sites excluding steroid dienone is 5. The van der Waals surface area contributed by atoms with Gasteiger partial charge in [-0.3, -0.25) is 9.59 Å². The zero-order chi connectivity index (χ0) is 14.4. The number of hydrogen-bond acceptors (Lipinski definition) is 2. The summed E-state index contributed by atoms with van der Waals surface area (Å²) >= 11 is 0. The van der Waals surface area contributed by atoms with E-state index in [4.69, 9.17) is 0 Å². The highest BCUT2D eigenvalue weighted by molar-refractivity contribution is 6.23. The van der Waals surface area contributed by atoms with E-state index < -0.39 is 11.8 Å². The molecule has 0 fully saturated rings. The lowest BCUT2D eigenvalue weighted by Crippen LogP contribution is -2.30. The normalized spacial score (nSPS) is 16.2. The SMILES string of the molecule is C=C/C=C\C(=C/C=C)N1C(=O)C(C=C)=C(C=C)C1=O. The maximum Gasteiger partial charge on any atom is 0.266 e. The first kappa shape index (κ1) is 14.4. The third-order valence-corrected chi connectivity index (χ3v) is 2.52. The van der Waals surface area contributed by atoms with Gasteiger partial charge in [0.15, 0.2) is 0 Å². The van der Waals surface area contributed by atoms with Gasteiger partial charge in [-0.2, -0.15) is 0 Å². The molecule has 0 atom stereocenters. The van der Waals surface area contributed by atoms with Crippen LogP contribution in [0.1, 0.15) is 0 Å². The Morgan fingerprint density at radius 3 is 1.79 bits per heavy atom. The fraction of sp³-hybridized carbons (Fsp3) is 0. The Balaban J connectivity index is 3.30. The minimum atomic E-state index is -0.420. The van der Waals surface area contributed by atoms with E-state index in [1.54, 1.807) is 24.3 Å². The maximum absolute atomic E-state index is 12.2. The summed E-state index contributed by atoms with van der Waals surface area (Å²) in [6.07, 6.45) is 10.6. The van der Waals surface area contributed by atoms with Crippen molar-refractivity contribution in [2.45, 2.75) is 0 Å². The number of nitrogens with zero attached hydrogens (tertiary/aromatic N) is 1. The maximum atomic E-state index is 12.2. The highest BCUT2D eigenvalue weighted by Gasteiger charge is 2.36. The van der Waals surface area contributed by atoms with Crippen LogP contribution in [0.3, 0.4) is 0 Å². The van der Waals surface area contributed by atoms with E-state index in [0.29, 0.717) is 5.70 Å².